The average molecular weight is 176 g/mol. The summed E-state index contributed by atoms with van der Waals surface area (Å²) in [5, 5.41) is 0. The van der Waals surface area contributed by atoms with Gasteiger partial charge in [-0.2, -0.15) is 0 Å². The van der Waals surface area contributed by atoms with Crippen LogP contribution in [0, 0.1) is 5.92 Å². The molecule has 1 aromatic rings. The summed E-state index contributed by atoms with van der Waals surface area (Å²) in [7, 11) is 0. The maximum Gasteiger partial charge on any atom is 0.106 e. The second-order valence-corrected chi connectivity index (χ2v) is 4.16. The largest absolute Gasteiger partial charge is 0.368 e. The first-order chi connectivity index (χ1) is 6.25. The van der Waals surface area contributed by atoms with Gasteiger partial charge in [-0.1, -0.05) is 38.1 Å². The third-order valence-electron chi connectivity index (χ3n) is 2.33. The van der Waals surface area contributed by atoms with Gasteiger partial charge in [-0.3, -0.25) is 0 Å². The molecule has 1 aromatic carbocycles. The van der Waals surface area contributed by atoms with Gasteiger partial charge in [-0.05, 0) is 23.5 Å². The fraction of sp³-hybridized carbons (Fsp3) is 0.500. The Morgan fingerprint density at radius 3 is 2.38 bits per heavy atom. The molecule has 1 heterocycles. The number of hydrogen-bond acceptors (Lipinski definition) is 1. The fourth-order valence-corrected chi connectivity index (χ4v) is 1.58. The first-order valence-corrected chi connectivity index (χ1v) is 4.96. The average Bonchev–Trinajstić information content (AvgIpc) is 2.87. The lowest BCUT2D eigenvalue weighted by molar-refractivity contribution is 0.415. The van der Waals surface area contributed by atoms with E-state index in [1.54, 1.807) is 0 Å². The zero-order valence-corrected chi connectivity index (χ0v) is 8.29. The molecule has 1 heteroatoms. The molecule has 70 valence electrons. The number of epoxide rings is 1. The molecule has 0 amide bonds. The maximum absolute atomic E-state index is 5.22. The fourth-order valence-electron chi connectivity index (χ4n) is 1.58. The van der Waals surface area contributed by atoms with Gasteiger partial charge in [0.15, 0.2) is 0 Å². The monoisotopic (exact) mass is 176 g/mol. The smallest absolute Gasteiger partial charge is 0.106 e. The van der Waals surface area contributed by atoms with E-state index in [0.29, 0.717) is 6.10 Å². The van der Waals surface area contributed by atoms with Gasteiger partial charge in [0.1, 0.15) is 6.10 Å². The summed E-state index contributed by atoms with van der Waals surface area (Å²) < 4.78 is 5.22. The highest BCUT2D eigenvalue weighted by Gasteiger charge is 2.24. The van der Waals surface area contributed by atoms with Gasteiger partial charge >= 0.3 is 0 Å². The van der Waals surface area contributed by atoms with Crippen molar-refractivity contribution >= 4 is 0 Å². The molecule has 2 rings (SSSR count). The summed E-state index contributed by atoms with van der Waals surface area (Å²) in [6, 6.07) is 8.82. The van der Waals surface area contributed by atoms with Crippen LogP contribution in [-0.4, -0.2) is 6.61 Å². The molecule has 0 spiro atoms. The van der Waals surface area contributed by atoms with E-state index in [1.165, 1.54) is 17.5 Å². The van der Waals surface area contributed by atoms with Crippen molar-refractivity contribution in [2.45, 2.75) is 26.4 Å². The highest BCUT2D eigenvalue weighted by atomic mass is 16.6. The van der Waals surface area contributed by atoms with Crippen molar-refractivity contribution in [3.63, 3.8) is 0 Å². The van der Waals surface area contributed by atoms with Crippen LogP contribution in [0.25, 0.3) is 0 Å². The lowest BCUT2D eigenvalue weighted by Gasteiger charge is -2.04. The Morgan fingerprint density at radius 1 is 1.31 bits per heavy atom. The third-order valence-corrected chi connectivity index (χ3v) is 2.33. The van der Waals surface area contributed by atoms with Gasteiger partial charge in [0.2, 0.25) is 0 Å². The van der Waals surface area contributed by atoms with Crippen LogP contribution in [0.15, 0.2) is 24.3 Å². The molecule has 13 heavy (non-hydrogen) atoms. The van der Waals surface area contributed by atoms with Crippen LogP contribution in [-0.2, 0) is 11.2 Å². The molecule has 1 unspecified atom stereocenters. The minimum atomic E-state index is 0.396. The van der Waals surface area contributed by atoms with Crippen LogP contribution in [0.2, 0.25) is 0 Å². The first-order valence-electron chi connectivity index (χ1n) is 4.96. The summed E-state index contributed by atoms with van der Waals surface area (Å²) >= 11 is 0. The lowest BCUT2D eigenvalue weighted by atomic mass is 10.0. The Bertz CT molecular complexity index is 270. The second-order valence-electron chi connectivity index (χ2n) is 4.16. The van der Waals surface area contributed by atoms with Crippen molar-refractivity contribution in [2.75, 3.05) is 6.61 Å². The van der Waals surface area contributed by atoms with Crippen LogP contribution >= 0.6 is 0 Å². The molecular formula is C12H16O. The van der Waals surface area contributed by atoms with Crippen molar-refractivity contribution in [3.8, 4) is 0 Å². The molecule has 1 aliphatic rings. The first kappa shape index (κ1) is 8.76. The number of benzene rings is 1. The summed E-state index contributed by atoms with van der Waals surface area (Å²) in [4.78, 5) is 0. The van der Waals surface area contributed by atoms with Crippen LogP contribution in [0.5, 0.6) is 0 Å². The van der Waals surface area contributed by atoms with E-state index >= 15 is 0 Å². The normalized spacial score (nSPS) is 20.7. The van der Waals surface area contributed by atoms with Gasteiger partial charge in [0, 0.05) is 0 Å². The molecule has 0 aromatic heterocycles. The van der Waals surface area contributed by atoms with E-state index in [1.807, 2.05) is 0 Å². The summed E-state index contributed by atoms with van der Waals surface area (Å²) in [5.74, 6) is 0.739. The molecule has 1 saturated heterocycles. The molecule has 1 atom stereocenters. The zero-order valence-electron chi connectivity index (χ0n) is 8.29. The van der Waals surface area contributed by atoms with Crippen molar-refractivity contribution in [1.82, 2.24) is 0 Å². The molecule has 1 nitrogen and oxygen atoms in total. The molecule has 0 bridgehead atoms. The van der Waals surface area contributed by atoms with Gasteiger partial charge < -0.3 is 4.74 Å². The van der Waals surface area contributed by atoms with Crippen LogP contribution < -0.4 is 0 Å². The molecule has 0 radical (unpaired) electrons. The predicted molar refractivity (Wildman–Crippen MR) is 53.7 cm³/mol. The third kappa shape index (κ3) is 2.31. The van der Waals surface area contributed by atoms with Crippen molar-refractivity contribution < 1.29 is 4.74 Å². The molecule has 0 saturated carbocycles. The highest BCUT2D eigenvalue weighted by Crippen LogP contribution is 2.29. The van der Waals surface area contributed by atoms with E-state index in [4.69, 9.17) is 4.74 Å². The minimum absolute atomic E-state index is 0.396. The number of hydrogen-bond donors (Lipinski definition) is 0. The van der Waals surface area contributed by atoms with Gasteiger partial charge in [-0.25, -0.2) is 0 Å². The van der Waals surface area contributed by atoms with E-state index in [0.717, 1.165) is 12.5 Å². The van der Waals surface area contributed by atoms with E-state index < -0.39 is 0 Å². The summed E-state index contributed by atoms with van der Waals surface area (Å²) in [6.07, 6.45) is 1.57. The van der Waals surface area contributed by atoms with Gasteiger partial charge in [0.25, 0.3) is 0 Å². The molecule has 1 aliphatic heterocycles. The summed E-state index contributed by atoms with van der Waals surface area (Å²) in [5.41, 5.74) is 2.76. The maximum atomic E-state index is 5.22. The molecular weight excluding hydrogens is 160 g/mol. The Kier molecular flexibility index (Phi) is 2.36. The Hall–Kier alpha value is -0.820. The zero-order chi connectivity index (χ0) is 9.26. The Morgan fingerprint density at radius 2 is 1.92 bits per heavy atom. The van der Waals surface area contributed by atoms with E-state index in [-0.39, 0.29) is 0 Å². The van der Waals surface area contributed by atoms with Crippen molar-refractivity contribution in [2.24, 2.45) is 5.92 Å². The van der Waals surface area contributed by atoms with Gasteiger partial charge in [0.05, 0.1) is 6.61 Å². The van der Waals surface area contributed by atoms with Crippen LogP contribution in [0.1, 0.15) is 31.1 Å². The minimum Gasteiger partial charge on any atom is -0.368 e. The lowest BCUT2D eigenvalue weighted by Crippen LogP contribution is -1.93. The highest BCUT2D eigenvalue weighted by molar-refractivity contribution is 5.26. The molecule has 0 aliphatic carbocycles. The summed E-state index contributed by atoms with van der Waals surface area (Å²) in [6.45, 7) is 5.40. The van der Waals surface area contributed by atoms with Crippen molar-refractivity contribution in [3.05, 3.63) is 35.4 Å². The van der Waals surface area contributed by atoms with E-state index in [2.05, 4.69) is 38.1 Å². The quantitative estimate of drug-likeness (QED) is 0.645. The number of rotatable bonds is 3. The van der Waals surface area contributed by atoms with Crippen LogP contribution in [0.3, 0.4) is 0 Å². The van der Waals surface area contributed by atoms with Crippen LogP contribution in [0.4, 0.5) is 0 Å². The standard InChI is InChI=1S/C12H16O/c1-9(2)7-10-3-5-11(6-4-10)12-8-13-12/h3-6,9,12H,7-8H2,1-2H3. The Balaban J connectivity index is 2.04. The van der Waals surface area contributed by atoms with Gasteiger partial charge in [-0.15, -0.1) is 0 Å². The Labute approximate surface area is 79.7 Å². The van der Waals surface area contributed by atoms with Crippen molar-refractivity contribution in [1.29, 1.82) is 0 Å². The predicted octanol–water partition coefficient (Wildman–Crippen LogP) is 2.96. The van der Waals surface area contributed by atoms with E-state index in [9.17, 15) is 0 Å². The molecule has 1 fully saturated rings. The molecule has 0 N–H and O–H groups in total. The topological polar surface area (TPSA) is 12.5 Å². The SMILES string of the molecule is CC(C)Cc1ccc(C2CO2)cc1. The number of ether oxygens (including phenoxy) is 1. The second kappa shape index (κ2) is 3.51.